The second-order valence-corrected chi connectivity index (χ2v) is 6.56. The monoisotopic (exact) mass is 316 g/mol. The standard InChI is InChI=1S/C17H24N4O2/c18-16(23)17(8-2-1-3-9-17)20-15(22)13-6-7-14(19-12-13)21-10-4-5-11-21/h6-7,12H,1-5,8-11H2,(H2,18,23)(H,20,22). The Bertz CT molecular complexity index is 573. The third-order valence-corrected chi connectivity index (χ3v) is 4.97. The second kappa shape index (κ2) is 6.56. The van der Waals surface area contributed by atoms with Gasteiger partial charge in [0.05, 0.1) is 5.56 Å². The molecule has 124 valence electrons. The molecule has 1 aliphatic heterocycles. The molecule has 3 rings (SSSR count). The summed E-state index contributed by atoms with van der Waals surface area (Å²) in [6.07, 6.45) is 8.10. The zero-order chi connectivity index (χ0) is 16.3. The van der Waals surface area contributed by atoms with E-state index in [-0.39, 0.29) is 5.91 Å². The van der Waals surface area contributed by atoms with Gasteiger partial charge in [-0.05, 0) is 37.8 Å². The molecule has 0 radical (unpaired) electrons. The number of rotatable bonds is 4. The first-order chi connectivity index (χ1) is 11.1. The third-order valence-electron chi connectivity index (χ3n) is 4.97. The van der Waals surface area contributed by atoms with Gasteiger partial charge in [0, 0.05) is 19.3 Å². The Hall–Kier alpha value is -2.11. The largest absolute Gasteiger partial charge is 0.368 e. The maximum Gasteiger partial charge on any atom is 0.253 e. The van der Waals surface area contributed by atoms with Crippen LogP contribution < -0.4 is 16.0 Å². The summed E-state index contributed by atoms with van der Waals surface area (Å²) in [4.78, 5) is 30.9. The van der Waals surface area contributed by atoms with E-state index in [0.29, 0.717) is 18.4 Å². The van der Waals surface area contributed by atoms with Crippen LogP contribution >= 0.6 is 0 Å². The van der Waals surface area contributed by atoms with Crippen LogP contribution in [0.15, 0.2) is 18.3 Å². The Labute approximate surface area is 136 Å². The van der Waals surface area contributed by atoms with Crippen molar-refractivity contribution in [2.45, 2.75) is 50.5 Å². The van der Waals surface area contributed by atoms with Gasteiger partial charge < -0.3 is 16.0 Å². The van der Waals surface area contributed by atoms with Gasteiger partial charge in [-0.3, -0.25) is 9.59 Å². The molecule has 2 fully saturated rings. The highest BCUT2D eigenvalue weighted by atomic mass is 16.2. The van der Waals surface area contributed by atoms with E-state index < -0.39 is 11.4 Å². The van der Waals surface area contributed by atoms with Gasteiger partial charge in [-0.1, -0.05) is 19.3 Å². The van der Waals surface area contributed by atoms with E-state index in [1.807, 2.05) is 6.07 Å². The van der Waals surface area contributed by atoms with Gasteiger partial charge in [0.1, 0.15) is 11.4 Å². The molecule has 1 aromatic heterocycles. The molecule has 6 nitrogen and oxygen atoms in total. The zero-order valence-corrected chi connectivity index (χ0v) is 13.4. The minimum Gasteiger partial charge on any atom is -0.368 e. The third kappa shape index (κ3) is 3.30. The van der Waals surface area contributed by atoms with E-state index in [0.717, 1.165) is 38.2 Å². The minimum absolute atomic E-state index is 0.272. The molecule has 6 heteroatoms. The number of carbonyl (C=O) groups is 2. The SMILES string of the molecule is NC(=O)C1(NC(=O)c2ccc(N3CCCC3)nc2)CCCCC1. The molecule has 1 saturated carbocycles. The highest BCUT2D eigenvalue weighted by Gasteiger charge is 2.39. The maximum atomic E-state index is 12.5. The summed E-state index contributed by atoms with van der Waals surface area (Å²) in [6.45, 7) is 2.03. The van der Waals surface area contributed by atoms with Crippen molar-refractivity contribution >= 4 is 17.6 Å². The lowest BCUT2D eigenvalue weighted by Gasteiger charge is -2.35. The predicted molar refractivity (Wildman–Crippen MR) is 88.2 cm³/mol. The molecule has 0 atom stereocenters. The summed E-state index contributed by atoms with van der Waals surface area (Å²) >= 11 is 0. The van der Waals surface area contributed by atoms with Crippen molar-refractivity contribution in [3.8, 4) is 0 Å². The number of pyridine rings is 1. The molecule has 0 aromatic carbocycles. The van der Waals surface area contributed by atoms with Crippen LogP contribution in [0.5, 0.6) is 0 Å². The van der Waals surface area contributed by atoms with Crippen LogP contribution in [0.25, 0.3) is 0 Å². The van der Waals surface area contributed by atoms with Crippen LogP contribution in [0.1, 0.15) is 55.3 Å². The van der Waals surface area contributed by atoms with Gasteiger partial charge in [0.15, 0.2) is 0 Å². The predicted octanol–water partition coefficient (Wildman–Crippen LogP) is 1.60. The lowest BCUT2D eigenvalue weighted by Crippen LogP contribution is -2.58. The number of carbonyl (C=O) groups excluding carboxylic acids is 2. The van der Waals surface area contributed by atoms with Crippen LogP contribution in [-0.2, 0) is 4.79 Å². The van der Waals surface area contributed by atoms with Gasteiger partial charge in [-0.2, -0.15) is 0 Å². The smallest absolute Gasteiger partial charge is 0.253 e. The minimum atomic E-state index is -0.900. The molecule has 3 N–H and O–H groups in total. The number of nitrogens with one attached hydrogen (secondary N) is 1. The highest BCUT2D eigenvalue weighted by molar-refractivity contribution is 5.98. The first-order valence-corrected chi connectivity index (χ1v) is 8.44. The molecule has 0 unspecified atom stereocenters. The molecule has 2 aliphatic rings. The second-order valence-electron chi connectivity index (χ2n) is 6.56. The Morgan fingerprint density at radius 2 is 1.78 bits per heavy atom. The molecule has 2 amide bonds. The van der Waals surface area contributed by atoms with Gasteiger partial charge >= 0.3 is 0 Å². The van der Waals surface area contributed by atoms with E-state index in [9.17, 15) is 9.59 Å². The molecular weight excluding hydrogens is 292 g/mol. The number of anilines is 1. The average molecular weight is 316 g/mol. The number of aromatic nitrogens is 1. The zero-order valence-electron chi connectivity index (χ0n) is 13.4. The van der Waals surface area contributed by atoms with Crippen molar-refractivity contribution in [2.24, 2.45) is 5.73 Å². The Morgan fingerprint density at radius 1 is 1.09 bits per heavy atom. The number of hydrogen-bond acceptors (Lipinski definition) is 4. The van der Waals surface area contributed by atoms with Crippen LogP contribution in [0.2, 0.25) is 0 Å². The summed E-state index contributed by atoms with van der Waals surface area (Å²) in [6, 6.07) is 3.64. The lowest BCUT2D eigenvalue weighted by atomic mass is 9.81. The van der Waals surface area contributed by atoms with Crippen molar-refractivity contribution in [1.82, 2.24) is 10.3 Å². The summed E-state index contributed by atoms with van der Waals surface area (Å²) in [7, 11) is 0. The molecule has 1 aromatic rings. The van der Waals surface area contributed by atoms with Crippen LogP contribution in [0.4, 0.5) is 5.82 Å². The Morgan fingerprint density at radius 3 is 2.35 bits per heavy atom. The van der Waals surface area contributed by atoms with E-state index in [2.05, 4.69) is 15.2 Å². The van der Waals surface area contributed by atoms with Crippen LogP contribution in [0.3, 0.4) is 0 Å². The van der Waals surface area contributed by atoms with Gasteiger partial charge in [0.2, 0.25) is 5.91 Å². The summed E-state index contributed by atoms with van der Waals surface area (Å²) in [5.41, 5.74) is 5.13. The van der Waals surface area contributed by atoms with Gasteiger partial charge in [-0.15, -0.1) is 0 Å². The quantitative estimate of drug-likeness (QED) is 0.883. The van der Waals surface area contributed by atoms with E-state index in [1.165, 1.54) is 12.8 Å². The normalized spacial score (nSPS) is 20.3. The Balaban J connectivity index is 1.70. The van der Waals surface area contributed by atoms with Crippen molar-refractivity contribution in [3.63, 3.8) is 0 Å². The van der Waals surface area contributed by atoms with Crippen molar-refractivity contribution in [2.75, 3.05) is 18.0 Å². The number of nitrogens with zero attached hydrogens (tertiary/aromatic N) is 2. The molecular formula is C17H24N4O2. The highest BCUT2D eigenvalue weighted by Crippen LogP contribution is 2.28. The molecule has 2 heterocycles. The fourth-order valence-corrected chi connectivity index (χ4v) is 3.53. The van der Waals surface area contributed by atoms with Crippen LogP contribution in [0, 0.1) is 0 Å². The summed E-state index contributed by atoms with van der Waals surface area (Å²) in [5, 5.41) is 2.87. The number of primary amides is 1. The average Bonchev–Trinajstić information content (AvgIpc) is 3.10. The lowest BCUT2D eigenvalue weighted by molar-refractivity contribution is -0.125. The molecule has 1 aliphatic carbocycles. The number of nitrogens with two attached hydrogens (primary N) is 1. The Kier molecular flexibility index (Phi) is 4.50. The molecule has 1 saturated heterocycles. The van der Waals surface area contributed by atoms with E-state index in [4.69, 9.17) is 5.73 Å². The molecule has 0 spiro atoms. The summed E-state index contributed by atoms with van der Waals surface area (Å²) in [5.74, 6) is 0.194. The topological polar surface area (TPSA) is 88.3 Å². The van der Waals surface area contributed by atoms with Crippen molar-refractivity contribution in [3.05, 3.63) is 23.9 Å². The first kappa shape index (κ1) is 15.8. The van der Waals surface area contributed by atoms with Crippen LogP contribution in [-0.4, -0.2) is 35.4 Å². The molecule has 23 heavy (non-hydrogen) atoms. The first-order valence-electron chi connectivity index (χ1n) is 8.44. The van der Waals surface area contributed by atoms with Gasteiger partial charge in [-0.25, -0.2) is 4.98 Å². The van der Waals surface area contributed by atoms with Crippen molar-refractivity contribution < 1.29 is 9.59 Å². The van der Waals surface area contributed by atoms with E-state index in [1.54, 1.807) is 12.3 Å². The van der Waals surface area contributed by atoms with Crippen molar-refractivity contribution in [1.29, 1.82) is 0 Å². The maximum absolute atomic E-state index is 12.5. The molecule has 0 bridgehead atoms. The number of amides is 2. The number of hydrogen-bond donors (Lipinski definition) is 2. The van der Waals surface area contributed by atoms with E-state index >= 15 is 0 Å². The fraction of sp³-hybridized carbons (Fsp3) is 0.588. The van der Waals surface area contributed by atoms with Gasteiger partial charge in [0.25, 0.3) is 5.91 Å². The summed E-state index contributed by atoms with van der Waals surface area (Å²) < 4.78 is 0. The fourth-order valence-electron chi connectivity index (χ4n) is 3.53.